The minimum absolute atomic E-state index is 0.0630. The minimum Gasteiger partial charge on any atom is -0.290 e. The summed E-state index contributed by atoms with van der Waals surface area (Å²) in [5.74, 6) is -0.0630. The first-order chi connectivity index (χ1) is 8.16. The van der Waals surface area contributed by atoms with Gasteiger partial charge in [0.1, 0.15) is 0 Å². The second-order valence-corrected chi connectivity index (χ2v) is 4.75. The minimum atomic E-state index is -1.43. The Kier molecular flexibility index (Phi) is 3.44. The number of nitrogens with zero attached hydrogens (tertiary/aromatic N) is 1. The molecule has 1 aliphatic carbocycles. The Hall–Kier alpha value is -1.81. The summed E-state index contributed by atoms with van der Waals surface area (Å²) in [6, 6.07) is 9.01. The van der Waals surface area contributed by atoms with Gasteiger partial charge in [-0.2, -0.15) is 4.40 Å². The van der Waals surface area contributed by atoms with Crippen LogP contribution in [0.4, 0.5) is 0 Å². The van der Waals surface area contributed by atoms with E-state index < -0.39 is 11.0 Å². The van der Waals surface area contributed by atoms with Gasteiger partial charge in [0.2, 0.25) is 0 Å². The molecule has 0 saturated carbocycles. The van der Waals surface area contributed by atoms with E-state index in [1.54, 1.807) is 25.1 Å². The predicted octanol–water partition coefficient (Wildman–Crippen LogP) is 2.24. The SMILES string of the molecule is CC1=CC(=O)C=CC1=NS(=O)c1ccccc1. The molecule has 2 rings (SSSR count). The Labute approximate surface area is 102 Å². The molecule has 0 N–H and O–H groups in total. The lowest BCUT2D eigenvalue weighted by Gasteiger charge is -2.05. The lowest BCUT2D eigenvalue weighted by atomic mass is 10.1. The van der Waals surface area contributed by atoms with Gasteiger partial charge in [-0.1, -0.05) is 18.2 Å². The Morgan fingerprint density at radius 1 is 1.12 bits per heavy atom. The molecule has 4 heteroatoms. The number of ketones is 1. The van der Waals surface area contributed by atoms with Crippen molar-refractivity contribution in [2.24, 2.45) is 4.40 Å². The van der Waals surface area contributed by atoms with E-state index in [9.17, 15) is 9.00 Å². The van der Waals surface area contributed by atoms with E-state index in [1.807, 2.05) is 18.2 Å². The van der Waals surface area contributed by atoms with E-state index in [0.29, 0.717) is 10.6 Å². The van der Waals surface area contributed by atoms with Crippen molar-refractivity contribution in [1.82, 2.24) is 0 Å². The predicted molar refractivity (Wildman–Crippen MR) is 68.2 cm³/mol. The molecule has 0 bridgehead atoms. The van der Waals surface area contributed by atoms with Crippen LogP contribution in [0, 0.1) is 0 Å². The van der Waals surface area contributed by atoms with Crippen LogP contribution >= 0.6 is 0 Å². The van der Waals surface area contributed by atoms with Crippen molar-refractivity contribution in [2.75, 3.05) is 0 Å². The van der Waals surface area contributed by atoms with Crippen molar-refractivity contribution < 1.29 is 9.00 Å². The van der Waals surface area contributed by atoms with E-state index in [2.05, 4.69) is 4.40 Å². The lowest BCUT2D eigenvalue weighted by Crippen LogP contribution is -2.06. The molecule has 3 nitrogen and oxygen atoms in total. The zero-order chi connectivity index (χ0) is 12.3. The van der Waals surface area contributed by atoms with Crippen LogP contribution in [0.1, 0.15) is 6.92 Å². The highest BCUT2D eigenvalue weighted by atomic mass is 32.2. The lowest BCUT2D eigenvalue weighted by molar-refractivity contribution is -0.110. The summed E-state index contributed by atoms with van der Waals surface area (Å²) < 4.78 is 16.0. The van der Waals surface area contributed by atoms with Crippen molar-refractivity contribution in [2.45, 2.75) is 11.8 Å². The second-order valence-electron chi connectivity index (χ2n) is 3.60. The van der Waals surface area contributed by atoms with Crippen LogP contribution in [0.3, 0.4) is 0 Å². The molecule has 1 atom stereocenters. The average molecular weight is 245 g/mol. The van der Waals surface area contributed by atoms with E-state index >= 15 is 0 Å². The van der Waals surface area contributed by atoms with Gasteiger partial charge in [0, 0.05) is 0 Å². The molecular weight excluding hydrogens is 234 g/mol. The van der Waals surface area contributed by atoms with E-state index in [4.69, 9.17) is 0 Å². The van der Waals surface area contributed by atoms with Gasteiger partial charge in [0.05, 0.1) is 10.6 Å². The van der Waals surface area contributed by atoms with Crippen LogP contribution in [0.2, 0.25) is 0 Å². The molecular formula is C13H11NO2S. The highest BCUT2D eigenvalue weighted by molar-refractivity contribution is 7.84. The number of benzene rings is 1. The highest BCUT2D eigenvalue weighted by Gasteiger charge is 2.09. The summed E-state index contributed by atoms with van der Waals surface area (Å²) in [6.45, 7) is 1.78. The van der Waals surface area contributed by atoms with Crippen molar-refractivity contribution in [3.8, 4) is 0 Å². The summed E-state index contributed by atoms with van der Waals surface area (Å²) >= 11 is 0. The Bertz CT molecular complexity index is 556. The van der Waals surface area contributed by atoms with Crippen LogP contribution < -0.4 is 0 Å². The molecule has 0 aliphatic heterocycles. The number of hydrogen-bond donors (Lipinski definition) is 0. The zero-order valence-electron chi connectivity index (χ0n) is 9.29. The molecule has 1 aliphatic rings. The van der Waals surface area contributed by atoms with Gasteiger partial charge >= 0.3 is 0 Å². The fourth-order valence-electron chi connectivity index (χ4n) is 1.41. The van der Waals surface area contributed by atoms with E-state index in [-0.39, 0.29) is 5.78 Å². The summed E-state index contributed by atoms with van der Waals surface area (Å²) in [5.41, 5.74) is 1.33. The maximum absolute atomic E-state index is 11.9. The normalized spacial score (nSPS) is 19.2. The molecule has 0 heterocycles. The largest absolute Gasteiger partial charge is 0.290 e. The van der Waals surface area contributed by atoms with Crippen LogP contribution in [0.5, 0.6) is 0 Å². The molecule has 0 fully saturated rings. The number of rotatable bonds is 2. The molecule has 0 aromatic heterocycles. The van der Waals surface area contributed by atoms with Crippen molar-refractivity contribution in [3.05, 3.63) is 54.1 Å². The van der Waals surface area contributed by atoms with Gasteiger partial charge in [-0.15, -0.1) is 0 Å². The number of carbonyl (C=O) groups is 1. The molecule has 1 aromatic carbocycles. The maximum Gasteiger partial charge on any atom is 0.179 e. The van der Waals surface area contributed by atoms with Crippen LogP contribution in [0.15, 0.2) is 63.4 Å². The smallest absolute Gasteiger partial charge is 0.179 e. The van der Waals surface area contributed by atoms with Gasteiger partial charge in [0.25, 0.3) is 0 Å². The molecule has 0 radical (unpaired) electrons. The standard InChI is InChI=1S/C13H11NO2S/c1-10-9-11(15)7-8-13(10)14-17(16)12-5-3-2-4-6-12/h2-9H,1H3. The molecule has 17 heavy (non-hydrogen) atoms. The van der Waals surface area contributed by atoms with Gasteiger partial charge in [-0.25, -0.2) is 4.21 Å². The summed E-state index contributed by atoms with van der Waals surface area (Å²) in [4.78, 5) is 11.7. The third kappa shape index (κ3) is 2.85. The van der Waals surface area contributed by atoms with Crippen LogP contribution in [0.25, 0.3) is 0 Å². The topological polar surface area (TPSA) is 46.5 Å². The Balaban J connectivity index is 2.27. The number of carbonyl (C=O) groups excluding carboxylic acids is 1. The summed E-state index contributed by atoms with van der Waals surface area (Å²) in [7, 11) is -1.43. The molecule has 1 unspecified atom stereocenters. The second kappa shape index (κ2) is 5.01. The molecule has 0 amide bonds. The van der Waals surface area contributed by atoms with Crippen LogP contribution in [-0.4, -0.2) is 15.7 Å². The number of hydrogen-bond acceptors (Lipinski definition) is 2. The van der Waals surface area contributed by atoms with Gasteiger partial charge in [-0.3, -0.25) is 4.79 Å². The van der Waals surface area contributed by atoms with Crippen molar-refractivity contribution in [3.63, 3.8) is 0 Å². The first-order valence-corrected chi connectivity index (χ1v) is 6.24. The maximum atomic E-state index is 11.9. The van der Waals surface area contributed by atoms with Gasteiger partial charge < -0.3 is 0 Å². The zero-order valence-corrected chi connectivity index (χ0v) is 10.1. The monoisotopic (exact) mass is 245 g/mol. The highest BCUT2D eigenvalue weighted by Crippen LogP contribution is 2.11. The van der Waals surface area contributed by atoms with Crippen molar-refractivity contribution in [1.29, 1.82) is 0 Å². The van der Waals surface area contributed by atoms with E-state index in [0.717, 1.165) is 5.57 Å². The molecule has 0 spiro atoms. The Morgan fingerprint density at radius 3 is 2.47 bits per heavy atom. The fraction of sp³-hybridized carbons (Fsp3) is 0.0769. The fourth-order valence-corrected chi connectivity index (χ4v) is 2.29. The molecule has 1 aromatic rings. The number of allylic oxidation sites excluding steroid dienone is 4. The average Bonchev–Trinajstić information content (AvgIpc) is 2.34. The molecule has 0 saturated heterocycles. The summed E-state index contributed by atoms with van der Waals surface area (Å²) in [6.07, 6.45) is 4.51. The van der Waals surface area contributed by atoms with Crippen LogP contribution in [-0.2, 0) is 15.8 Å². The molecule has 86 valence electrons. The Morgan fingerprint density at radius 2 is 1.82 bits per heavy atom. The third-order valence-corrected chi connectivity index (χ3v) is 3.33. The quantitative estimate of drug-likeness (QED) is 0.750. The van der Waals surface area contributed by atoms with Gasteiger partial charge in [0.15, 0.2) is 16.8 Å². The van der Waals surface area contributed by atoms with E-state index in [1.165, 1.54) is 12.2 Å². The van der Waals surface area contributed by atoms with Gasteiger partial charge in [-0.05, 0) is 42.9 Å². The first-order valence-electron chi connectivity index (χ1n) is 5.13. The first kappa shape index (κ1) is 11.7. The van der Waals surface area contributed by atoms with Crippen molar-refractivity contribution >= 4 is 22.5 Å². The third-order valence-electron chi connectivity index (χ3n) is 2.29. The summed E-state index contributed by atoms with van der Waals surface area (Å²) in [5, 5.41) is 0.